The fourth-order valence-electron chi connectivity index (χ4n) is 3.95. The molecule has 0 bridgehead atoms. The largest absolute Gasteiger partial charge is 0.451 e. The molecule has 11 heteroatoms. The molecule has 0 aliphatic carbocycles. The van der Waals surface area contributed by atoms with E-state index in [2.05, 4.69) is 9.97 Å². The zero-order valence-corrected chi connectivity index (χ0v) is 18.5. The van der Waals surface area contributed by atoms with Crippen molar-refractivity contribution in [3.63, 3.8) is 0 Å². The first kappa shape index (κ1) is 25.3. The molecule has 1 aliphatic heterocycles. The molecule has 2 aromatic rings. The predicted octanol–water partition coefficient (Wildman–Crippen LogP) is 6.28. The summed E-state index contributed by atoms with van der Waals surface area (Å²) in [6.45, 7) is 2.27. The van der Waals surface area contributed by atoms with Gasteiger partial charge in [0.15, 0.2) is 0 Å². The van der Waals surface area contributed by atoms with Gasteiger partial charge in [-0.3, -0.25) is 4.79 Å². The number of nitrogens with zero attached hydrogens (tertiary/aromatic N) is 3. The van der Waals surface area contributed by atoms with E-state index < -0.39 is 23.7 Å². The second-order valence-electron chi connectivity index (χ2n) is 8.11. The molecule has 0 saturated carbocycles. The lowest BCUT2D eigenvalue weighted by molar-refractivity contribution is -0.145. The maximum atomic E-state index is 13.0. The summed E-state index contributed by atoms with van der Waals surface area (Å²) in [5.41, 5.74) is 0.555. The molecule has 0 radical (unpaired) electrons. The van der Waals surface area contributed by atoms with Crippen LogP contribution in [0.2, 0.25) is 5.15 Å². The Bertz CT molecular complexity index is 1010. The molecule has 33 heavy (non-hydrogen) atoms. The van der Waals surface area contributed by atoms with E-state index in [1.165, 1.54) is 12.1 Å². The quantitative estimate of drug-likeness (QED) is 0.351. The Morgan fingerprint density at radius 2 is 1.85 bits per heavy atom. The number of rotatable bonds is 6. The van der Waals surface area contributed by atoms with Crippen molar-refractivity contribution in [1.29, 1.82) is 0 Å². The zero-order chi connectivity index (χ0) is 24.4. The average molecular weight is 494 g/mol. The highest BCUT2D eigenvalue weighted by molar-refractivity contribution is 6.29. The summed E-state index contributed by atoms with van der Waals surface area (Å²) in [6, 6.07) is 4.81. The Morgan fingerprint density at radius 3 is 2.48 bits per heavy atom. The smallest absolute Gasteiger partial charge is 0.356 e. The number of aromatic nitrogens is 2. The van der Waals surface area contributed by atoms with Crippen molar-refractivity contribution in [1.82, 2.24) is 9.97 Å². The molecular formula is C22H22ClF6N3O. The van der Waals surface area contributed by atoms with Crippen molar-refractivity contribution in [2.75, 3.05) is 18.0 Å². The third-order valence-electron chi connectivity index (χ3n) is 5.67. The molecule has 3 rings (SSSR count). The number of ketones is 1. The van der Waals surface area contributed by atoms with Crippen LogP contribution >= 0.6 is 11.6 Å². The maximum absolute atomic E-state index is 13.0. The fraction of sp³-hybridized carbons (Fsp3) is 0.500. The zero-order valence-electron chi connectivity index (χ0n) is 17.7. The second kappa shape index (κ2) is 9.87. The van der Waals surface area contributed by atoms with E-state index >= 15 is 0 Å². The van der Waals surface area contributed by atoms with E-state index in [0.717, 1.165) is 17.7 Å². The molecule has 1 fully saturated rings. The number of Topliss-reactive ketones (excluding diaryl/α,β-unsaturated/α-hetero) is 1. The van der Waals surface area contributed by atoms with Crippen LogP contribution in [0.15, 0.2) is 24.3 Å². The van der Waals surface area contributed by atoms with Crippen LogP contribution in [0.4, 0.5) is 32.2 Å². The first-order chi connectivity index (χ1) is 15.3. The molecule has 0 unspecified atom stereocenters. The number of alkyl halides is 6. The van der Waals surface area contributed by atoms with Crippen LogP contribution in [-0.4, -0.2) is 28.8 Å². The van der Waals surface area contributed by atoms with Crippen LogP contribution in [0.3, 0.4) is 0 Å². The number of aryl methyl sites for hydroxylation is 2. The Kier molecular flexibility index (Phi) is 7.55. The third-order valence-corrected chi connectivity index (χ3v) is 5.87. The maximum Gasteiger partial charge on any atom is 0.451 e. The van der Waals surface area contributed by atoms with Crippen molar-refractivity contribution in [2.24, 2.45) is 5.92 Å². The minimum absolute atomic E-state index is 0.0273. The summed E-state index contributed by atoms with van der Waals surface area (Å²) in [5, 5.41) is -0.326. The number of halogens is 7. The summed E-state index contributed by atoms with van der Waals surface area (Å²) in [4.78, 5) is 21.1. The Hall–Kier alpha value is -2.36. The number of benzene rings is 1. The molecule has 1 aromatic heterocycles. The number of hydrogen-bond acceptors (Lipinski definition) is 4. The van der Waals surface area contributed by atoms with Gasteiger partial charge in [-0.25, -0.2) is 9.97 Å². The SMILES string of the molecule is Cc1cc(C(F)(F)F)ccc1CCCC(=O)[C@@H]1CCCN(c2cc(Cl)nc(C(F)(F)F)n2)C1. The number of anilines is 1. The van der Waals surface area contributed by atoms with Crippen molar-refractivity contribution in [2.45, 2.75) is 51.4 Å². The molecule has 0 N–H and O–H groups in total. The van der Waals surface area contributed by atoms with Crippen LogP contribution in [0, 0.1) is 12.8 Å². The van der Waals surface area contributed by atoms with Gasteiger partial charge in [-0.15, -0.1) is 0 Å². The van der Waals surface area contributed by atoms with Crippen LogP contribution in [-0.2, 0) is 23.6 Å². The number of hydrogen-bond donors (Lipinski definition) is 0. The van der Waals surface area contributed by atoms with Crippen LogP contribution in [0.5, 0.6) is 0 Å². The molecule has 180 valence electrons. The molecule has 0 amide bonds. The fourth-order valence-corrected chi connectivity index (χ4v) is 4.13. The van der Waals surface area contributed by atoms with Gasteiger partial charge in [0.05, 0.1) is 5.56 Å². The highest BCUT2D eigenvalue weighted by atomic mass is 35.5. The van der Waals surface area contributed by atoms with Gasteiger partial charge in [0, 0.05) is 31.5 Å². The summed E-state index contributed by atoms with van der Waals surface area (Å²) in [5.74, 6) is -1.69. The molecule has 2 heterocycles. The van der Waals surface area contributed by atoms with E-state index in [9.17, 15) is 31.1 Å². The Morgan fingerprint density at radius 1 is 1.12 bits per heavy atom. The van der Waals surface area contributed by atoms with Gasteiger partial charge >= 0.3 is 12.4 Å². The first-order valence-corrected chi connectivity index (χ1v) is 10.8. The van der Waals surface area contributed by atoms with E-state index in [-0.39, 0.29) is 35.6 Å². The summed E-state index contributed by atoms with van der Waals surface area (Å²) in [6.07, 6.45) is -6.75. The average Bonchev–Trinajstić information content (AvgIpc) is 2.73. The Balaban J connectivity index is 1.59. The summed E-state index contributed by atoms with van der Waals surface area (Å²) < 4.78 is 77.4. The summed E-state index contributed by atoms with van der Waals surface area (Å²) in [7, 11) is 0. The normalized spacial score (nSPS) is 17.3. The first-order valence-electron chi connectivity index (χ1n) is 10.4. The number of carbonyl (C=O) groups excluding carboxylic acids is 1. The van der Waals surface area contributed by atoms with Gasteiger partial charge in [-0.1, -0.05) is 17.7 Å². The minimum atomic E-state index is -4.74. The number of piperidine rings is 1. The lowest BCUT2D eigenvalue weighted by Crippen LogP contribution is -2.39. The van der Waals surface area contributed by atoms with Crippen LogP contribution in [0.25, 0.3) is 0 Å². The Labute approximate surface area is 192 Å². The lowest BCUT2D eigenvalue weighted by atomic mass is 9.90. The molecule has 1 aliphatic rings. The van der Waals surface area contributed by atoms with Crippen molar-refractivity contribution >= 4 is 23.2 Å². The van der Waals surface area contributed by atoms with Gasteiger partial charge in [0.25, 0.3) is 0 Å². The lowest BCUT2D eigenvalue weighted by Gasteiger charge is -2.33. The minimum Gasteiger partial charge on any atom is -0.356 e. The highest BCUT2D eigenvalue weighted by Gasteiger charge is 2.36. The van der Waals surface area contributed by atoms with Gasteiger partial charge in [0.1, 0.15) is 16.8 Å². The van der Waals surface area contributed by atoms with E-state index in [4.69, 9.17) is 11.6 Å². The van der Waals surface area contributed by atoms with Crippen molar-refractivity contribution < 1.29 is 31.1 Å². The van der Waals surface area contributed by atoms with E-state index in [1.807, 2.05) is 0 Å². The van der Waals surface area contributed by atoms with E-state index in [0.29, 0.717) is 37.8 Å². The third kappa shape index (κ3) is 6.59. The molecule has 0 spiro atoms. The van der Waals surface area contributed by atoms with Gasteiger partial charge in [-0.05, 0) is 55.9 Å². The topological polar surface area (TPSA) is 46.1 Å². The highest BCUT2D eigenvalue weighted by Crippen LogP contribution is 2.32. The van der Waals surface area contributed by atoms with Crippen molar-refractivity contribution in [3.8, 4) is 0 Å². The van der Waals surface area contributed by atoms with Gasteiger partial charge in [0.2, 0.25) is 5.82 Å². The summed E-state index contributed by atoms with van der Waals surface area (Å²) >= 11 is 5.74. The van der Waals surface area contributed by atoms with E-state index in [1.54, 1.807) is 11.8 Å². The van der Waals surface area contributed by atoms with Gasteiger partial charge in [-0.2, -0.15) is 26.3 Å². The molecule has 4 nitrogen and oxygen atoms in total. The monoisotopic (exact) mass is 493 g/mol. The van der Waals surface area contributed by atoms with Gasteiger partial charge < -0.3 is 4.90 Å². The molecule has 1 aromatic carbocycles. The molecule has 1 saturated heterocycles. The molecular weight excluding hydrogens is 472 g/mol. The standard InChI is InChI=1S/C22H22ClF6N3O/c1-13-10-16(21(24,25)26)8-7-14(13)4-2-6-17(33)15-5-3-9-32(12-15)19-11-18(23)30-20(31-19)22(27,28)29/h7-8,10-11,15H,2-6,9,12H2,1H3/t15-/m1/s1. The predicted molar refractivity (Wildman–Crippen MR) is 111 cm³/mol. The second-order valence-corrected chi connectivity index (χ2v) is 8.50. The van der Waals surface area contributed by atoms with Crippen LogP contribution in [0.1, 0.15) is 48.2 Å². The molecule has 1 atom stereocenters. The van der Waals surface area contributed by atoms with Crippen LogP contribution < -0.4 is 4.90 Å². The number of carbonyl (C=O) groups is 1. The van der Waals surface area contributed by atoms with Crippen molar-refractivity contribution in [3.05, 3.63) is 51.9 Å².